The number of para-hydroxylation sites is 2. The number of aryl methyl sites for hydroxylation is 1. The van der Waals surface area contributed by atoms with Crippen molar-refractivity contribution in [1.29, 1.82) is 0 Å². The summed E-state index contributed by atoms with van der Waals surface area (Å²) in [6.45, 7) is 4.51. The summed E-state index contributed by atoms with van der Waals surface area (Å²) >= 11 is 0. The van der Waals surface area contributed by atoms with Gasteiger partial charge in [0.25, 0.3) is 15.9 Å². The molecule has 3 aromatic rings. The van der Waals surface area contributed by atoms with E-state index in [9.17, 15) is 13.2 Å². The zero-order valence-electron chi connectivity index (χ0n) is 20.0. The van der Waals surface area contributed by atoms with E-state index in [-0.39, 0.29) is 16.8 Å². The summed E-state index contributed by atoms with van der Waals surface area (Å²) in [6, 6.07) is 21.8. The largest absolute Gasteiger partial charge is 0.495 e. The first-order valence-electron chi connectivity index (χ1n) is 11.7. The standard InChI is InChI=1S/C27H31N3O4S/c1-20-12-13-23(35(32,33)29-25-10-6-7-11-26(25)34-2)18-24(20)27(31)28-22-14-16-30(17-15-22)19-21-8-4-3-5-9-21/h3-13,18,22,29H,14-17,19H2,1-2H3,(H,28,31). The number of carbonyl (C=O) groups excluding carboxylic acids is 1. The Balaban J connectivity index is 1.41. The monoisotopic (exact) mass is 493 g/mol. The number of ether oxygens (including phenoxy) is 1. The van der Waals surface area contributed by atoms with Gasteiger partial charge in [-0.3, -0.25) is 14.4 Å². The third kappa shape index (κ3) is 6.21. The Morgan fingerprint density at radius 1 is 1.00 bits per heavy atom. The van der Waals surface area contributed by atoms with E-state index >= 15 is 0 Å². The summed E-state index contributed by atoms with van der Waals surface area (Å²) in [5.41, 5.74) is 2.70. The fraction of sp³-hybridized carbons (Fsp3) is 0.296. The first-order valence-corrected chi connectivity index (χ1v) is 13.2. The predicted molar refractivity (Wildman–Crippen MR) is 137 cm³/mol. The maximum atomic E-state index is 13.1. The lowest BCUT2D eigenvalue weighted by Gasteiger charge is -2.32. The lowest BCUT2D eigenvalue weighted by molar-refractivity contribution is 0.0908. The first kappa shape index (κ1) is 24.8. The fourth-order valence-corrected chi connectivity index (χ4v) is 5.38. The minimum Gasteiger partial charge on any atom is -0.495 e. The number of sulfonamides is 1. The Morgan fingerprint density at radius 3 is 2.40 bits per heavy atom. The van der Waals surface area contributed by atoms with Crippen LogP contribution in [0.3, 0.4) is 0 Å². The quantitative estimate of drug-likeness (QED) is 0.491. The average molecular weight is 494 g/mol. The maximum absolute atomic E-state index is 13.1. The molecule has 1 aliphatic heterocycles. The molecule has 184 valence electrons. The second-order valence-corrected chi connectivity index (χ2v) is 10.5. The van der Waals surface area contributed by atoms with E-state index in [1.165, 1.54) is 24.8 Å². The molecule has 0 saturated carbocycles. The van der Waals surface area contributed by atoms with Gasteiger partial charge in [0, 0.05) is 31.2 Å². The van der Waals surface area contributed by atoms with Gasteiger partial charge in [-0.05, 0) is 55.2 Å². The number of nitrogens with zero attached hydrogens (tertiary/aromatic N) is 1. The minimum atomic E-state index is -3.91. The van der Waals surface area contributed by atoms with Crippen LogP contribution in [0, 0.1) is 6.92 Å². The zero-order chi connectivity index (χ0) is 24.8. The number of anilines is 1. The third-order valence-electron chi connectivity index (χ3n) is 6.29. The summed E-state index contributed by atoms with van der Waals surface area (Å²) in [6.07, 6.45) is 1.70. The van der Waals surface area contributed by atoms with Crippen LogP contribution in [0.15, 0.2) is 77.7 Å². The number of hydrogen-bond acceptors (Lipinski definition) is 5. The summed E-state index contributed by atoms with van der Waals surface area (Å²) in [4.78, 5) is 15.5. The molecule has 1 amide bonds. The van der Waals surface area contributed by atoms with Crippen LogP contribution in [0.4, 0.5) is 5.69 Å². The molecule has 1 heterocycles. The molecule has 0 aromatic heterocycles. The van der Waals surface area contributed by atoms with Crippen molar-refractivity contribution in [2.24, 2.45) is 0 Å². The molecule has 0 radical (unpaired) electrons. The van der Waals surface area contributed by atoms with Crippen LogP contribution in [0.1, 0.15) is 34.3 Å². The molecule has 0 spiro atoms. The molecule has 4 rings (SSSR count). The number of amides is 1. The third-order valence-corrected chi connectivity index (χ3v) is 7.65. The van der Waals surface area contributed by atoms with Crippen molar-refractivity contribution >= 4 is 21.6 Å². The molecule has 0 bridgehead atoms. The minimum absolute atomic E-state index is 0.0248. The molecule has 2 N–H and O–H groups in total. The van der Waals surface area contributed by atoms with E-state index in [0.717, 1.165) is 38.0 Å². The van der Waals surface area contributed by atoms with Crippen molar-refractivity contribution in [3.8, 4) is 5.75 Å². The summed E-state index contributed by atoms with van der Waals surface area (Å²) in [5, 5.41) is 3.11. The number of benzene rings is 3. The smallest absolute Gasteiger partial charge is 0.262 e. The highest BCUT2D eigenvalue weighted by Gasteiger charge is 2.24. The number of methoxy groups -OCH3 is 1. The fourth-order valence-electron chi connectivity index (χ4n) is 4.29. The van der Waals surface area contributed by atoms with Crippen molar-refractivity contribution in [2.45, 2.75) is 37.2 Å². The molecule has 1 fully saturated rings. The van der Waals surface area contributed by atoms with Crippen molar-refractivity contribution < 1.29 is 17.9 Å². The van der Waals surface area contributed by atoms with Gasteiger partial charge in [-0.2, -0.15) is 0 Å². The van der Waals surface area contributed by atoms with Crippen LogP contribution >= 0.6 is 0 Å². The van der Waals surface area contributed by atoms with Gasteiger partial charge >= 0.3 is 0 Å². The average Bonchev–Trinajstić information content (AvgIpc) is 2.86. The van der Waals surface area contributed by atoms with Crippen molar-refractivity contribution in [3.63, 3.8) is 0 Å². The summed E-state index contributed by atoms with van der Waals surface area (Å²) in [7, 11) is -2.43. The molecule has 0 unspecified atom stereocenters. The zero-order valence-corrected chi connectivity index (χ0v) is 20.8. The molecule has 1 saturated heterocycles. The van der Waals surface area contributed by atoms with E-state index in [4.69, 9.17) is 4.74 Å². The van der Waals surface area contributed by atoms with Gasteiger partial charge < -0.3 is 10.1 Å². The van der Waals surface area contributed by atoms with Crippen LogP contribution < -0.4 is 14.8 Å². The van der Waals surface area contributed by atoms with Gasteiger partial charge in [0.1, 0.15) is 5.75 Å². The van der Waals surface area contributed by atoms with Crippen molar-refractivity contribution in [1.82, 2.24) is 10.2 Å². The SMILES string of the molecule is COc1ccccc1NS(=O)(=O)c1ccc(C)c(C(=O)NC2CCN(Cc3ccccc3)CC2)c1. The van der Waals surface area contributed by atoms with Gasteiger partial charge in [0.2, 0.25) is 0 Å². The van der Waals surface area contributed by atoms with Gasteiger partial charge in [-0.25, -0.2) is 8.42 Å². The van der Waals surface area contributed by atoms with E-state index in [0.29, 0.717) is 17.0 Å². The summed E-state index contributed by atoms with van der Waals surface area (Å²) in [5.74, 6) is 0.165. The molecular formula is C27H31N3O4S. The van der Waals surface area contributed by atoms with Gasteiger partial charge in [0.15, 0.2) is 0 Å². The Hall–Kier alpha value is -3.36. The van der Waals surface area contributed by atoms with Gasteiger partial charge in [-0.1, -0.05) is 48.5 Å². The Bertz CT molecular complexity index is 1270. The topological polar surface area (TPSA) is 87.7 Å². The van der Waals surface area contributed by atoms with Crippen LogP contribution in [-0.2, 0) is 16.6 Å². The molecule has 8 heteroatoms. The van der Waals surface area contributed by atoms with Crippen molar-refractivity contribution in [2.75, 3.05) is 24.9 Å². The van der Waals surface area contributed by atoms with E-state index in [1.54, 1.807) is 37.3 Å². The molecular weight excluding hydrogens is 462 g/mol. The van der Waals surface area contributed by atoms with Crippen LogP contribution in [0.2, 0.25) is 0 Å². The van der Waals surface area contributed by atoms with Crippen molar-refractivity contribution in [3.05, 3.63) is 89.5 Å². The van der Waals surface area contributed by atoms with E-state index < -0.39 is 10.0 Å². The molecule has 3 aromatic carbocycles. The highest BCUT2D eigenvalue weighted by atomic mass is 32.2. The van der Waals surface area contributed by atoms with Crippen LogP contribution in [0.5, 0.6) is 5.75 Å². The maximum Gasteiger partial charge on any atom is 0.262 e. The normalized spacial score (nSPS) is 14.9. The highest BCUT2D eigenvalue weighted by Crippen LogP contribution is 2.27. The Kier molecular flexibility index (Phi) is 7.73. The van der Waals surface area contributed by atoms with Crippen LogP contribution in [-0.4, -0.2) is 45.5 Å². The summed E-state index contributed by atoms with van der Waals surface area (Å²) < 4.78 is 33.9. The molecule has 0 atom stereocenters. The van der Waals surface area contributed by atoms with Gasteiger partial charge in [-0.15, -0.1) is 0 Å². The number of likely N-dealkylation sites (tertiary alicyclic amines) is 1. The van der Waals surface area contributed by atoms with E-state index in [1.807, 2.05) is 18.2 Å². The lowest BCUT2D eigenvalue weighted by atomic mass is 10.0. The molecule has 35 heavy (non-hydrogen) atoms. The van der Waals surface area contributed by atoms with Crippen LogP contribution in [0.25, 0.3) is 0 Å². The number of carbonyl (C=O) groups is 1. The number of piperidine rings is 1. The Labute approximate surface area is 207 Å². The highest BCUT2D eigenvalue weighted by molar-refractivity contribution is 7.92. The molecule has 7 nitrogen and oxygen atoms in total. The van der Waals surface area contributed by atoms with Gasteiger partial charge in [0.05, 0.1) is 17.7 Å². The second kappa shape index (κ2) is 10.9. The van der Waals surface area contributed by atoms with E-state index in [2.05, 4.69) is 27.1 Å². The number of rotatable bonds is 8. The number of nitrogens with one attached hydrogen (secondary N) is 2. The first-order chi connectivity index (χ1) is 16.9. The second-order valence-electron chi connectivity index (χ2n) is 8.79. The predicted octanol–water partition coefficient (Wildman–Crippen LogP) is 4.20. The molecule has 0 aliphatic carbocycles. The lowest BCUT2D eigenvalue weighted by Crippen LogP contribution is -2.44. The number of hydrogen-bond donors (Lipinski definition) is 2. The molecule has 1 aliphatic rings. The Morgan fingerprint density at radius 2 is 1.69 bits per heavy atom.